The van der Waals surface area contributed by atoms with Gasteiger partial charge in [-0.25, -0.2) is 8.42 Å². The van der Waals surface area contributed by atoms with Crippen molar-refractivity contribution in [3.8, 4) is 5.75 Å². The lowest BCUT2D eigenvalue weighted by Crippen LogP contribution is -2.13. The zero-order valence-electron chi connectivity index (χ0n) is 9.66. The Morgan fingerprint density at radius 3 is 2.61 bits per heavy atom. The number of anilines is 1. The number of aromatic hydroxyl groups is 1. The van der Waals surface area contributed by atoms with E-state index < -0.39 is 10.0 Å². The number of hydrogen-bond donors (Lipinski definition) is 2. The highest BCUT2D eigenvalue weighted by molar-refractivity contribution is 7.92. The molecule has 2 rings (SSSR count). The van der Waals surface area contributed by atoms with E-state index in [1.807, 2.05) is 6.92 Å². The number of rotatable bonds is 3. The van der Waals surface area contributed by atoms with Crippen molar-refractivity contribution in [1.29, 1.82) is 0 Å². The highest BCUT2D eigenvalue weighted by Crippen LogP contribution is 2.23. The van der Waals surface area contributed by atoms with E-state index in [-0.39, 0.29) is 10.6 Å². The van der Waals surface area contributed by atoms with Gasteiger partial charge in [0.1, 0.15) is 10.6 Å². The van der Waals surface area contributed by atoms with Gasteiger partial charge in [0.15, 0.2) is 0 Å². The van der Waals surface area contributed by atoms with Crippen LogP contribution in [-0.2, 0) is 10.0 Å². The summed E-state index contributed by atoms with van der Waals surface area (Å²) in [5.41, 5.74) is 1.20. The first-order chi connectivity index (χ1) is 8.49. The largest absolute Gasteiger partial charge is 0.507 e. The average Bonchev–Trinajstić information content (AvgIpc) is 2.28. The predicted molar refractivity (Wildman–Crippen MR) is 67.9 cm³/mol. The number of pyridine rings is 1. The fourth-order valence-electron chi connectivity index (χ4n) is 1.51. The first-order valence-corrected chi connectivity index (χ1v) is 6.70. The van der Waals surface area contributed by atoms with E-state index in [4.69, 9.17) is 0 Å². The maximum atomic E-state index is 12.0. The van der Waals surface area contributed by atoms with Crippen LogP contribution in [-0.4, -0.2) is 18.5 Å². The molecule has 5 nitrogen and oxygen atoms in total. The van der Waals surface area contributed by atoms with E-state index in [9.17, 15) is 13.5 Å². The van der Waals surface area contributed by atoms with E-state index in [2.05, 4.69) is 9.71 Å². The Balaban J connectivity index is 2.37. The Kier molecular flexibility index (Phi) is 3.20. The first-order valence-electron chi connectivity index (χ1n) is 5.21. The van der Waals surface area contributed by atoms with Crippen molar-refractivity contribution in [2.45, 2.75) is 11.8 Å². The Hall–Kier alpha value is -2.08. The molecule has 0 amide bonds. The van der Waals surface area contributed by atoms with Crippen molar-refractivity contribution in [2.24, 2.45) is 0 Å². The predicted octanol–water partition coefficient (Wildman–Crippen LogP) is 1.90. The summed E-state index contributed by atoms with van der Waals surface area (Å²) in [6.07, 6.45) is 3.03. The van der Waals surface area contributed by atoms with Crippen LogP contribution in [0.25, 0.3) is 0 Å². The topological polar surface area (TPSA) is 79.3 Å². The Labute approximate surface area is 105 Å². The van der Waals surface area contributed by atoms with E-state index in [0.29, 0.717) is 5.69 Å². The zero-order chi connectivity index (χ0) is 13.2. The molecule has 0 bridgehead atoms. The molecular weight excluding hydrogens is 252 g/mol. The third-order valence-electron chi connectivity index (χ3n) is 2.28. The second kappa shape index (κ2) is 4.66. The summed E-state index contributed by atoms with van der Waals surface area (Å²) in [6, 6.07) is 7.42. The molecule has 0 radical (unpaired) electrons. The second-order valence-corrected chi connectivity index (χ2v) is 5.48. The molecule has 1 aromatic heterocycles. The highest BCUT2D eigenvalue weighted by Gasteiger charge is 2.18. The molecule has 1 heterocycles. The minimum absolute atomic E-state index is 0.161. The summed E-state index contributed by atoms with van der Waals surface area (Å²) in [6.45, 7) is 1.81. The smallest absolute Gasteiger partial charge is 0.265 e. The number of aromatic nitrogens is 1. The fourth-order valence-corrected chi connectivity index (χ4v) is 2.64. The third kappa shape index (κ3) is 2.60. The summed E-state index contributed by atoms with van der Waals surface area (Å²) in [5, 5.41) is 9.54. The molecule has 2 N–H and O–H groups in total. The van der Waals surface area contributed by atoms with Crippen molar-refractivity contribution in [3.63, 3.8) is 0 Å². The number of sulfonamides is 1. The summed E-state index contributed by atoms with van der Waals surface area (Å²) in [5.74, 6) is -0.286. The molecule has 0 saturated carbocycles. The molecule has 18 heavy (non-hydrogen) atoms. The molecule has 0 aliphatic heterocycles. The molecular formula is C12H12N2O3S. The van der Waals surface area contributed by atoms with Crippen LogP contribution in [0.2, 0.25) is 0 Å². The number of nitrogens with zero attached hydrogens (tertiary/aromatic N) is 1. The van der Waals surface area contributed by atoms with Gasteiger partial charge in [-0.3, -0.25) is 9.71 Å². The standard InChI is InChI=1S/C12H12N2O3S/c1-9-6-10(8-13-7-9)14-18(16,17)12-5-3-2-4-11(12)15/h2-8,14-15H,1H3. The Morgan fingerprint density at radius 2 is 1.94 bits per heavy atom. The molecule has 0 spiro atoms. The van der Waals surface area contributed by atoms with Gasteiger partial charge in [0.2, 0.25) is 0 Å². The summed E-state index contributed by atoms with van der Waals surface area (Å²) < 4.78 is 26.4. The minimum atomic E-state index is -3.80. The molecule has 0 unspecified atom stereocenters. The molecule has 94 valence electrons. The van der Waals surface area contributed by atoms with Crippen LogP contribution in [0.5, 0.6) is 5.75 Å². The van der Waals surface area contributed by atoms with Crippen LogP contribution >= 0.6 is 0 Å². The van der Waals surface area contributed by atoms with Crippen LogP contribution < -0.4 is 4.72 Å². The summed E-state index contributed by atoms with van der Waals surface area (Å²) >= 11 is 0. The van der Waals surface area contributed by atoms with E-state index in [1.54, 1.807) is 24.4 Å². The molecule has 0 aliphatic rings. The number of benzene rings is 1. The van der Waals surface area contributed by atoms with Gasteiger partial charge in [0.25, 0.3) is 10.0 Å². The fraction of sp³-hybridized carbons (Fsp3) is 0.0833. The van der Waals surface area contributed by atoms with E-state index >= 15 is 0 Å². The van der Waals surface area contributed by atoms with Gasteiger partial charge in [-0.15, -0.1) is 0 Å². The number of hydrogen-bond acceptors (Lipinski definition) is 4. The average molecular weight is 264 g/mol. The monoisotopic (exact) mass is 264 g/mol. The lowest BCUT2D eigenvalue weighted by molar-refractivity contribution is 0.459. The molecule has 0 saturated heterocycles. The number of nitrogens with one attached hydrogen (secondary N) is 1. The summed E-state index contributed by atoms with van der Waals surface area (Å²) in [7, 11) is -3.80. The van der Waals surface area contributed by atoms with Gasteiger partial charge in [-0.1, -0.05) is 12.1 Å². The molecule has 2 aromatic rings. The van der Waals surface area contributed by atoms with E-state index in [1.165, 1.54) is 18.3 Å². The number of para-hydroxylation sites is 1. The maximum absolute atomic E-state index is 12.0. The van der Waals surface area contributed by atoms with Crippen molar-refractivity contribution in [2.75, 3.05) is 4.72 Å². The van der Waals surface area contributed by atoms with Crippen LogP contribution in [0.4, 0.5) is 5.69 Å². The van der Waals surface area contributed by atoms with Crippen LogP contribution in [0.3, 0.4) is 0 Å². The van der Waals surface area contributed by atoms with E-state index in [0.717, 1.165) is 5.56 Å². The number of phenols is 1. The normalized spacial score (nSPS) is 11.2. The lowest BCUT2D eigenvalue weighted by Gasteiger charge is -2.09. The van der Waals surface area contributed by atoms with Gasteiger partial charge in [-0.05, 0) is 30.7 Å². The summed E-state index contributed by atoms with van der Waals surface area (Å²) in [4.78, 5) is 3.73. The van der Waals surface area contributed by atoms with Crippen molar-refractivity contribution < 1.29 is 13.5 Å². The van der Waals surface area contributed by atoms with Gasteiger partial charge < -0.3 is 5.11 Å². The third-order valence-corrected chi connectivity index (χ3v) is 3.71. The zero-order valence-corrected chi connectivity index (χ0v) is 10.5. The maximum Gasteiger partial charge on any atom is 0.265 e. The SMILES string of the molecule is Cc1cncc(NS(=O)(=O)c2ccccc2O)c1. The van der Waals surface area contributed by atoms with Crippen molar-refractivity contribution in [1.82, 2.24) is 4.98 Å². The van der Waals surface area contributed by atoms with Gasteiger partial charge >= 0.3 is 0 Å². The Morgan fingerprint density at radius 1 is 1.22 bits per heavy atom. The minimum Gasteiger partial charge on any atom is -0.507 e. The molecule has 0 atom stereocenters. The van der Waals surface area contributed by atoms with Gasteiger partial charge in [0.05, 0.1) is 11.9 Å². The van der Waals surface area contributed by atoms with Crippen molar-refractivity contribution in [3.05, 3.63) is 48.3 Å². The number of phenolic OH excluding ortho intramolecular Hbond substituents is 1. The first kappa shape index (κ1) is 12.4. The quantitative estimate of drug-likeness (QED) is 0.887. The Bertz CT molecular complexity index is 669. The van der Waals surface area contributed by atoms with Gasteiger partial charge in [0, 0.05) is 6.20 Å². The van der Waals surface area contributed by atoms with Crippen molar-refractivity contribution >= 4 is 15.7 Å². The highest BCUT2D eigenvalue weighted by atomic mass is 32.2. The van der Waals surface area contributed by atoms with Crippen LogP contribution in [0.1, 0.15) is 5.56 Å². The molecule has 0 fully saturated rings. The molecule has 0 aliphatic carbocycles. The van der Waals surface area contributed by atoms with Crippen LogP contribution in [0.15, 0.2) is 47.6 Å². The van der Waals surface area contributed by atoms with Crippen LogP contribution in [0, 0.1) is 6.92 Å². The van der Waals surface area contributed by atoms with Gasteiger partial charge in [-0.2, -0.15) is 0 Å². The second-order valence-electron chi connectivity index (χ2n) is 3.82. The molecule has 1 aromatic carbocycles. The molecule has 6 heteroatoms. The lowest BCUT2D eigenvalue weighted by atomic mass is 10.3. The number of aryl methyl sites for hydroxylation is 1.